The molecule has 0 bridgehead atoms. The summed E-state index contributed by atoms with van der Waals surface area (Å²) < 4.78 is 0. The summed E-state index contributed by atoms with van der Waals surface area (Å²) in [5.74, 6) is 0. The van der Waals surface area contributed by atoms with E-state index in [2.05, 4.69) is 113 Å². The van der Waals surface area contributed by atoms with E-state index in [-0.39, 0.29) is 0 Å². The Hall–Kier alpha value is -3.64. The van der Waals surface area contributed by atoms with Crippen LogP contribution in [0.25, 0.3) is 33.0 Å². The zero-order valence-corrected chi connectivity index (χ0v) is 20.5. The van der Waals surface area contributed by atoms with Gasteiger partial charge in [0.05, 0.1) is 0 Å². The zero-order chi connectivity index (χ0) is 23.4. The summed E-state index contributed by atoms with van der Waals surface area (Å²) in [4.78, 5) is 0. The van der Waals surface area contributed by atoms with Crippen LogP contribution in [0.3, 0.4) is 0 Å². The van der Waals surface area contributed by atoms with Gasteiger partial charge >= 0.3 is 0 Å². The van der Waals surface area contributed by atoms with Gasteiger partial charge in [-0.05, 0) is 124 Å². The third kappa shape index (κ3) is 3.13. The van der Waals surface area contributed by atoms with Gasteiger partial charge in [0.1, 0.15) is 0 Å². The third-order valence-corrected chi connectivity index (χ3v) is 7.64. The number of hydrogen-bond acceptors (Lipinski definition) is 0. The van der Waals surface area contributed by atoms with Crippen LogP contribution in [0.5, 0.6) is 0 Å². The molecule has 3 aliphatic carbocycles. The molecule has 3 aromatic carbocycles. The number of benzene rings is 3. The molecule has 0 heterocycles. The fourth-order valence-corrected chi connectivity index (χ4v) is 6.14. The number of fused-ring (bicyclic) bond motifs is 2. The van der Waals surface area contributed by atoms with Gasteiger partial charge in [0.25, 0.3) is 0 Å². The number of hydrogen-bond donors (Lipinski definition) is 0. The molecule has 0 atom stereocenters. The molecule has 0 saturated carbocycles. The average Bonchev–Trinajstić information content (AvgIpc) is 2.95. The van der Waals surface area contributed by atoms with E-state index in [9.17, 15) is 0 Å². The Morgan fingerprint density at radius 2 is 1.41 bits per heavy atom. The molecule has 166 valence electrons. The summed E-state index contributed by atoms with van der Waals surface area (Å²) in [5, 5.41) is 2.75. The van der Waals surface area contributed by atoms with Gasteiger partial charge in [-0.3, -0.25) is 0 Å². The molecule has 34 heavy (non-hydrogen) atoms. The van der Waals surface area contributed by atoms with Gasteiger partial charge in [0.2, 0.25) is 0 Å². The quantitative estimate of drug-likeness (QED) is 0.374. The molecule has 0 fully saturated rings. The van der Waals surface area contributed by atoms with Gasteiger partial charge in [0.15, 0.2) is 0 Å². The van der Waals surface area contributed by atoms with E-state index in [4.69, 9.17) is 0 Å². The van der Waals surface area contributed by atoms with Crippen molar-refractivity contribution in [3.63, 3.8) is 0 Å². The van der Waals surface area contributed by atoms with Crippen LogP contribution in [0.15, 0.2) is 107 Å². The summed E-state index contributed by atoms with van der Waals surface area (Å²) in [7, 11) is 0. The molecular weight excluding hydrogens is 408 g/mol. The molecule has 0 N–H and O–H groups in total. The molecule has 0 amide bonds. The number of aryl methyl sites for hydroxylation is 2. The second kappa shape index (κ2) is 7.99. The molecule has 0 nitrogen and oxygen atoms in total. The standard InChI is InChI=1S/C34H30/c1-21-10-5-6-11-22(2)32(21)25-14-8-15-26-29-18-19-30(33-23(3)12-7-13-24(33)4)27-16-9-17-28(34(27)29)31(26)20-25/h5,7-13,15-20H,6,14H2,1-4H3. The monoisotopic (exact) mass is 438 g/mol. The first-order chi connectivity index (χ1) is 16.5. The van der Waals surface area contributed by atoms with Crippen LogP contribution in [0.4, 0.5) is 0 Å². The van der Waals surface area contributed by atoms with Crippen molar-refractivity contribution in [1.29, 1.82) is 0 Å². The molecule has 0 radical (unpaired) electrons. The highest BCUT2D eigenvalue weighted by Crippen LogP contribution is 2.48. The Morgan fingerprint density at radius 1 is 0.676 bits per heavy atom. The smallest absolute Gasteiger partial charge is 0.00201 e. The van der Waals surface area contributed by atoms with Crippen LogP contribution in [-0.2, 0) is 0 Å². The van der Waals surface area contributed by atoms with Crippen molar-refractivity contribution in [3.05, 3.63) is 130 Å². The lowest BCUT2D eigenvalue weighted by atomic mass is 9.88. The average molecular weight is 439 g/mol. The zero-order valence-electron chi connectivity index (χ0n) is 20.5. The van der Waals surface area contributed by atoms with Crippen LogP contribution >= 0.6 is 0 Å². The van der Waals surface area contributed by atoms with Gasteiger partial charge in [-0.1, -0.05) is 78.9 Å². The number of allylic oxidation sites excluding steroid dienone is 12. The summed E-state index contributed by atoms with van der Waals surface area (Å²) in [6.45, 7) is 8.96. The summed E-state index contributed by atoms with van der Waals surface area (Å²) in [6.07, 6.45) is 16.1. The fourth-order valence-electron chi connectivity index (χ4n) is 6.14. The summed E-state index contributed by atoms with van der Waals surface area (Å²) >= 11 is 0. The highest BCUT2D eigenvalue weighted by Gasteiger charge is 2.25. The third-order valence-electron chi connectivity index (χ3n) is 7.64. The minimum absolute atomic E-state index is 0.963. The Bertz CT molecular complexity index is 1540. The normalized spacial score (nSPS) is 17.1. The van der Waals surface area contributed by atoms with E-state index in [0.29, 0.717) is 0 Å². The van der Waals surface area contributed by atoms with Crippen molar-refractivity contribution in [2.75, 3.05) is 0 Å². The SMILES string of the molecule is CC1=CCC=CC(C)=C1C1=CC2=C(C=CC1)c1ccc(-c3c(C)cccc3C)c3cccc2c13. The van der Waals surface area contributed by atoms with Crippen LogP contribution in [-0.4, -0.2) is 0 Å². The molecule has 0 unspecified atom stereocenters. The fraction of sp³-hybridized carbons (Fsp3) is 0.176. The highest BCUT2D eigenvalue weighted by atomic mass is 14.3. The molecule has 6 rings (SSSR count). The van der Waals surface area contributed by atoms with Crippen molar-refractivity contribution in [2.24, 2.45) is 0 Å². The van der Waals surface area contributed by atoms with Gasteiger partial charge in [-0.25, -0.2) is 0 Å². The number of rotatable bonds is 2. The summed E-state index contributed by atoms with van der Waals surface area (Å²) in [5.41, 5.74) is 16.4. The lowest BCUT2D eigenvalue weighted by molar-refractivity contribution is 1.18. The minimum Gasteiger partial charge on any atom is -0.0804 e. The van der Waals surface area contributed by atoms with Crippen LogP contribution in [0, 0.1) is 13.8 Å². The molecule has 3 aromatic rings. The molecule has 3 aliphatic rings. The molecule has 0 spiro atoms. The predicted octanol–water partition coefficient (Wildman–Crippen LogP) is 9.46. The van der Waals surface area contributed by atoms with Crippen molar-refractivity contribution >= 4 is 21.9 Å². The minimum atomic E-state index is 0.963. The topological polar surface area (TPSA) is 0 Å². The van der Waals surface area contributed by atoms with Crippen LogP contribution < -0.4 is 0 Å². The molecular formula is C34H30. The molecule has 0 aliphatic heterocycles. The second-order valence-electron chi connectivity index (χ2n) is 9.84. The van der Waals surface area contributed by atoms with E-state index < -0.39 is 0 Å². The van der Waals surface area contributed by atoms with Crippen LogP contribution in [0.2, 0.25) is 0 Å². The van der Waals surface area contributed by atoms with Crippen molar-refractivity contribution < 1.29 is 0 Å². The second-order valence-corrected chi connectivity index (χ2v) is 9.84. The Kier molecular flexibility index (Phi) is 4.92. The van der Waals surface area contributed by atoms with Gasteiger partial charge in [-0.2, -0.15) is 0 Å². The van der Waals surface area contributed by atoms with Gasteiger partial charge in [-0.15, -0.1) is 0 Å². The van der Waals surface area contributed by atoms with Gasteiger partial charge < -0.3 is 0 Å². The van der Waals surface area contributed by atoms with Gasteiger partial charge in [0, 0.05) is 0 Å². The Balaban J connectivity index is 1.58. The van der Waals surface area contributed by atoms with Crippen molar-refractivity contribution in [3.8, 4) is 11.1 Å². The van der Waals surface area contributed by atoms with E-state index in [1.54, 1.807) is 0 Å². The van der Waals surface area contributed by atoms with Crippen molar-refractivity contribution in [1.82, 2.24) is 0 Å². The maximum Gasteiger partial charge on any atom is -0.00201 e. The van der Waals surface area contributed by atoms with E-state index in [1.807, 2.05) is 0 Å². The Morgan fingerprint density at radius 3 is 2.24 bits per heavy atom. The molecule has 0 aromatic heterocycles. The predicted molar refractivity (Wildman–Crippen MR) is 148 cm³/mol. The lowest BCUT2D eigenvalue weighted by Crippen LogP contribution is -1.95. The first kappa shape index (κ1) is 20.9. The van der Waals surface area contributed by atoms with E-state index in [0.717, 1.165) is 12.8 Å². The van der Waals surface area contributed by atoms with E-state index >= 15 is 0 Å². The first-order valence-electron chi connectivity index (χ1n) is 12.3. The maximum atomic E-state index is 2.47. The molecule has 0 saturated heterocycles. The largest absolute Gasteiger partial charge is 0.0804 e. The van der Waals surface area contributed by atoms with E-state index in [1.165, 1.54) is 77.6 Å². The molecule has 0 heteroatoms. The maximum absolute atomic E-state index is 2.47. The Labute approximate surface area is 203 Å². The van der Waals surface area contributed by atoms with Crippen LogP contribution in [0.1, 0.15) is 48.9 Å². The highest BCUT2D eigenvalue weighted by molar-refractivity contribution is 6.21. The first-order valence-corrected chi connectivity index (χ1v) is 12.3. The van der Waals surface area contributed by atoms with Crippen molar-refractivity contribution in [2.45, 2.75) is 40.5 Å². The summed E-state index contributed by atoms with van der Waals surface area (Å²) in [6, 6.07) is 18.2. The lowest BCUT2D eigenvalue weighted by Gasteiger charge is -2.15.